The molecule has 0 atom stereocenters. The van der Waals surface area contributed by atoms with Gasteiger partial charge in [0.15, 0.2) is 0 Å². The van der Waals surface area contributed by atoms with Gasteiger partial charge in [0.25, 0.3) is 0 Å². The Labute approximate surface area is 70.8 Å². The topological polar surface area (TPSA) is 0 Å². The lowest BCUT2D eigenvalue weighted by Crippen LogP contribution is -2.03. The van der Waals surface area contributed by atoms with Gasteiger partial charge in [0.2, 0.25) is 0 Å². The van der Waals surface area contributed by atoms with Gasteiger partial charge in [0, 0.05) is 0 Å². The van der Waals surface area contributed by atoms with Crippen LogP contribution in [0.15, 0.2) is 24.3 Å². The number of halogens is 3. The molecule has 3 heteroatoms. The number of allylic oxidation sites excluding steroid dienone is 4. The zero-order valence-electron chi connectivity index (χ0n) is 7.23. The highest BCUT2D eigenvalue weighted by molar-refractivity contribution is 5.03. The summed E-state index contributed by atoms with van der Waals surface area (Å²) in [5.74, 6) is 0.375. The van der Waals surface area contributed by atoms with Crippen molar-refractivity contribution in [3.63, 3.8) is 0 Å². The minimum absolute atomic E-state index is 0.375. The van der Waals surface area contributed by atoms with E-state index in [9.17, 15) is 13.2 Å². The molecule has 0 aromatic carbocycles. The van der Waals surface area contributed by atoms with Crippen molar-refractivity contribution < 1.29 is 13.2 Å². The van der Waals surface area contributed by atoms with Crippen molar-refractivity contribution >= 4 is 0 Å². The molecule has 0 radical (unpaired) electrons. The molecule has 0 aliphatic heterocycles. The molecule has 70 valence electrons. The predicted molar refractivity (Wildman–Crippen MR) is 43.8 cm³/mol. The van der Waals surface area contributed by atoms with Gasteiger partial charge in [-0.1, -0.05) is 38.2 Å². The van der Waals surface area contributed by atoms with Gasteiger partial charge in [-0.25, -0.2) is 0 Å². The number of hydrogen-bond donors (Lipinski definition) is 0. The average Bonchev–Trinajstić information content (AvgIpc) is 1.83. The quantitative estimate of drug-likeness (QED) is 0.578. The maximum Gasteiger partial charge on any atom is 0.392 e. The third-order valence-corrected chi connectivity index (χ3v) is 1.09. The van der Waals surface area contributed by atoms with Crippen molar-refractivity contribution in [2.24, 2.45) is 5.92 Å². The summed E-state index contributed by atoms with van der Waals surface area (Å²) in [6.45, 7) is 3.93. The maximum absolute atomic E-state index is 11.6. The van der Waals surface area contributed by atoms with Crippen LogP contribution < -0.4 is 0 Å². The highest BCUT2D eigenvalue weighted by Crippen LogP contribution is 2.19. The van der Waals surface area contributed by atoms with Gasteiger partial charge in [-0.2, -0.15) is 13.2 Å². The standard InChI is InChI=1S/C9H13F3/c1-8(2)6-4-3-5-7-9(10,11)12/h3-6,8H,7H2,1-2H3/b5-3-,6-4-. The fourth-order valence-corrected chi connectivity index (χ4v) is 0.567. The number of rotatable bonds is 3. The Morgan fingerprint density at radius 1 is 1.17 bits per heavy atom. The molecule has 0 aromatic heterocycles. The Balaban J connectivity index is 3.64. The first-order chi connectivity index (χ1) is 5.42. The largest absolute Gasteiger partial charge is 0.392 e. The lowest BCUT2D eigenvalue weighted by molar-refractivity contribution is -0.125. The van der Waals surface area contributed by atoms with E-state index in [2.05, 4.69) is 0 Å². The Morgan fingerprint density at radius 2 is 1.75 bits per heavy atom. The molecule has 0 heterocycles. The Bertz CT molecular complexity index is 163. The number of alkyl halides is 3. The lowest BCUT2D eigenvalue weighted by Gasteiger charge is -1.99. The van der Waals surface area contributed by atoms with Crippen molar-refractivity contribution in [2.75, 3.05) is 0 Å². The molecular weight excluding hydrogens is 165 g/mol. The molecule has 0 saturated heterocycles. The molecule has 0 saturated carbocycles. The fraction of sp³-hybridized carbons (Fsp3) is 0.556. The molecule has 12 heavy (non-hydrogen) atoms. The zero-order chi connectivity index (χ0) is 9.61. The smallest absolute Gasteiger partial charge is 0.171 e. The summed E-state index contributed by atoms with van der Waals surface area (Å²) in [6, 6.07) is 0. The Hall–Kier alpha value is -0.730. The molecule has 0 amide bonds. The molecular formula is C9H13F3. The summed E-state index contributed by atoms with van der Waals surface area (Å²) in [6.07, 6.45) is 1.08. The van der Waals surface area contributed by atoms with Crippen LogP contribution in [0, 0.1) is 5.92 Å². The molecule has 0 unspecified atom stereocenters. The van der Waals surface area contributed by atoms with Gasteiger partial charge in [0.1, 0.15) is 0 Å². The first-order valence-electron chi connectivity index (χ1n) is 3.82. The van der Waals surface area contributed by atoms with E-state index in [1.54, 1.807) is 6.08 Å². The molecule has 0 bridgehead atoms. The van der Waals surface area contributed by atoms with E-state index in [-0.39, 0.29) is 0 Å². The van der Waals surface area contributed by atoms with Crippen molar-refractivity contribution in [2.45, 2.75) is 26.4 Å². The van der Waals surface area contributed by atoms with Crippen LogP contribution in [0.5, 0.6) is 0 Å². The van der Waals surface area contributed by atoms with E-state index in [0.29, 0.717) is 5.92 Å². The minimum atomic E-state index is -4.08. The van der Waals surface area contributed by atoms with Crippen LogP contribution in [0.4, 0.5) is 13.2 Å². The zero-order valence-corrected chi connectivity index (χ0v) is 7.23. The number of hydrogen-bond acceptors (Lipinski definition) is 0. The lowest BCUT2D eigenvalue weighted by atomic mass is 10.2. The van der Waals surface area contributed by atoms with E-state index in [1.807, 2.05) is 19.9 Å². The van der Waals surface area contributed by atoms with E-state index in [0.717, 1.165) is 6.08 Å². The van der Waals surface area contributed by atoms with Gasteiger partial charge in [0.05, 0.1) is 6.42 Å². The van der Waals surface area contributed by atoms with Gasteiger partial charge in [-0.15, -0.1) is 0 Å². The van der Waals surface area contributed by atoms with E-state index >= 15 is 0 Å². The molecule has 0 N–H and O–H groups in total. The molecule has 0 nitrogen and oxygen atoms in total. The van der Waals surface area contributed by atoms with Crippen LogP contribution in [0.2, 0.25) is 0 Å². The van der Waals surface area contributed by atoms with E-state index in [1.165, 1.54) is 6.08 Å². The average molecular weight is 178 g/mol. The van der Waals surface area contributed by atoms with Crippen molar-refractivity contribution in [3.8, 4) is 0 Å². The van der Waals surface area contributed by atoms with Crippen molar-refractivity contribution in [3.05, 3.63) is 24.3 Å². The molecule has 0 rings (SSSR count). The van der Waals surface area contributed by atoms with Crippen LogP contribution in [0.1, 0.15) is 20.3 Å². The van der Waals surface area contributed by atoms with Gasteiger partial charge in [-0.3, -0.25) is 0 Å². The van der Waals surface area contributed by atoms with Crippen LogP contribution in [0.25, 0.3) is 0 Å². The minimum Gasteiger partial charge on any atom is -0.171 e. The van der Waals surface area contributed by atoms with Crippen molar-refractivity contribution in [1.29, 1.82) is 0 Å². The third-order valence-electron chi connectivity index (χ3n) is 1.09. The first-order valence-corrected chi connectivity index (χ1v) is 3.82. The molecule has 0 aromatic rings. The highest BCUT2D eigenvalue weighted by Gasteiger charge is 2.24. The van der Waals surface area contributed by atoms with Crippen LogP contribution in [-0.4, -0.2) is 6.18 Å². The van der Waals surface area contributed by atoms with Crippen molar-refractivity contribution in [1.82, 2.24) is 0 Å². The molecule has 0 fully saturated rings. The molecule has 0 aliphatic carbocycles. The van der Waals surface area contributed by atoms with Crippen LogP contribution in [-0.2, 0) is 0 Å². The normalized spacial score (nSPS) is 13.8. The summed E-state index contributed by atoms with van der Waals surface area (Å²) in [7, 11) is 0. The summed E-state index contributed by atoms with van der Waals surface area (Å²) in [5, 5.41) is 0. The van der Waals surface area contributed by atoms with Gasteiger partial charge < -0.3 is 0 Å². The second kappa shape index (κ2) is 5.01. The predicted octanol–water partition coefficient (Wildman–Crippen LogP) is 3.71. The Morgan fingerprint density at radius 3 is 2.17 bits per heavy atom. The summed E-state index contributed by atoms with van der Waals surface area (Å²) < 4.78 is 34.7. The summed E-state index contributed by atoms with van der Waals surface area (Å²) >= 11 is 0. The first kappa shape index (κ1) is 11.3. The van der Waals surface area contributed by atoms with Crippen LogP contribution >= 0.6 is 0 Å². The van der Waals surface area contributed by atoms with E-state index in [4.69, 9.17) is 0 Å². The van der Waals surface area contributed by atoms with E-state index < -0.39 is 12.6 Å². The summed E-state index contributed by atoms with van der Waals surface area (Å²) in [4.78, 5) is 0. The van der Waals surface area contributed by atoms with Gasteiger partial charge >= 0.3 is 6.18 Å². The summed E-state index contributed by atoms with van der Waals surface area (Å²) in [5.41, 5.74) is 0. The SMILES string of the molecule is CC(C)/C=C\C=C/CC(F)(F)F. The van der Waals surface area contributed by atoms with Gasteiger partial charge in [-0.05, 0) is 5.92 Å². The molecule has 0 spiro atoms. The van der Waals surface area contributed by atoms with Crippen LogP contribution in [0.3, 0.4) is 0 Å². The third kappa shape index (κ3) is 9.27. The highest BCUT2D eigenvalue weighted by atomic mass is 19.4. The monoisotopic (exact) mass is 178 g/mol. The second-order valence-electron chi connectivity index (χ2n) is 2.88. The fourth-order valence-electron chi connectivity index (χ4n) is 0.567. The maximum atomic E-state index is 11.6. The second-order valence-corrected chi connectivity index (χ2v) is 2.88. The molecule has 0 aliphatic rings. The Kier molecular flexibility index (Phi) is 4.71.